The molecule has 0 bridgehead atoms. The van der Waals surface area contributed by atoms with Gasteiger partial charge in [-0.15, -0.1) is 0 Å². The molecule has 0 N–H and O–H groups in total. The Morgan fingerprint density at radius 2 is 1.94 bits per heavy atom. The number of urea groups is 1. The van der Waals surface area contributed by atoms with Gasteiger partial charge in [-0.3, -0.25) is 4.98 Å². The van der Waals surface area contributed by atoms with Gasteiger partial charge < -0.3 is 9.80 Å². The van der Waals surface area contributed by atoms with Crippen LogP contribution in [0.5, 0.6) is 0 Å². The van der Waals surface area contributed by atoms with Crippen LogP contribution in [0.25, 0.3) is 0 Å². The van der Waals surface area contributed by atoms with E-state index in [1.54, 1.807) is 9.80 Å². The Kier molecular flexibility index (Phi) is 4.94. The number of pyridine rings is 1. The number of hydrogen-bond donors (Lipinski definition) is 0. The van der Waals surface area contributed by atoms with Crippen molar-refractivity contribution >= 4 is 6.03 Å². The van der Waals surface area contributed by atoms with Gasteiger partial charge in [0.1, 0.15) is 0 Å². The lowest BCUT2D eigenvalue weighted by atomic mass is 10.3. The summed E-state index contributed by atoms with van der Waals surface area (Å²) in [4.78, 5) is 19.9. The maximum absolute atomic E-state index is 12.0. The van der Waals surface area contributed by atoms with Gasteiger partial charge in [-0.1, -0.05) is 6.07 Å². The monoisotopic (exact) mass is 235 g/mol. The first-order valence-corrected chi connectivity index (χ1v) is 6.01. The Hall–Kier alpha value is -1.58. The molecule has 0 radical (unpaired) electrons. The van der Waals surface area contributed by atoms with E-state index >= 15 is 0 Å². The van der Waals surface area contributed by atoms with Crippen molar-refractivity contribution < 1.29 is 4.79 Å². The molecule has 94 valence electrons. The fourth-order valence-electron chi connectivity index (χ4n) is 1.73. The summed E-state index contributed by atoms with van der Waals surface area (Å²) in [6.07, 6.45) is 0. The van der Waals surface area contributed by atoms with E-state index in [1.165, 1.54) is 0 Å². The topological polar surface area (TPSA) is 36.4 Å². The minimum atomic E-state index is 0.0540. The SMILES string of the molecule is CCN(CC)C(=O)N(C)Cc1cccc(C)n1. The molecule has 0 aliphatic rings. The number of aryl methyl sites for hydroxylation is 1. The second-order valence-corrected chi connectivity index (χ2v) is 4.08. The van der Waals surface area contributed by atoms with Gasteiger partial charge in [-0.25, -0.2) is 4.79 Å². The van der Waals surface area contributed by atoms with Crippen molar-refractivity contribution in [3.8, 4) is 0 Å². The van der Waals surface area contributed by atoms with Crippen LogP contribution >= 0.6 is 0 Å². The lowest BCUT2D eigenvalue weighted by Gasteiger charge is -2.25. The molecule has 17 heavy (non-hydrogen) atoms. The molecule has 0 atom stereocenters. The van der Waals surface area contributed by atoms with Gasteiger partial charge in [0.05, 0.1) is 12.2 Å². The lowest BCUT2D eigenvalue weighted by Crippen LogP contribution is -2.40. The fraction of sp³-hybridized carbons (Fsp3) is 0.538. The van der Waals surface area contributed by atoms with Gasteiger partial charge in [0.2, 0.25) is 0 Å². The van der Waals surface area contributed by atoms with Crippen molar-refractivity contribution in [1.29, 1.82) is 0 Å². The van der Waals surface area contributed by atoms with Crippen molar-refractivity contribution in [2.24, 2.45) is 0 Å². The van der Waals surface area contributed by atoms with E-state index in [1.807, 2.05) is 46.0 Å². The molecule has 0 saturated heterocycles. The minimum Gasteiger partial charge on any atom is -0.325 e. The summed E-state index contributed by atoms with van der Waals surface area (Å²) in [5.41, 5.74) is 1.90. The molecule has 1 rings (SSSR count). The van der Waals surface area contributed by atoms with Crippen LogP contribution in [-0.4, -0.2) is 41.0 Å². The molecule has 4 nitrogen and oxygen atoms in total. The first kappa shape index (κ1) is 13.5. The van der Waals surface area contributed by atoms with Crippen LogP contribution < -0.4 is 0 Å². The van der Waals surface area contributed by atoms with Gasteiger partial charge >= 0.3 is 6.03 Å². The molecule has 1 heterocycles. The highest BCUT2D eigenvalue weighted by molar-refractivity contribution is 5.74. The number of nitrogens with zero attached hydrogens (tertiary/aromatic N) is 3. The van der Waals surface area contributed by atoms with Crippen molar-refractivity contribution in [2.75, 3.05) is 20.1 Å². The summed E-state index contributed by atoms with van der Waals surface area (Å²) in [5, 5.41) is 0. The maximum Gasteiger partial charge on any atom is 0.320 e. The summed E-state index contributed by atoms with van der Waals surface area (Å²) >= 11 is 0. The average molecular weight is 235 g/mol. The number of hydrogen-bond acceptors (Lipinski definition) is 2. The van der Waals surface area contributed by atoms with Crippen LogP contribution in [-0.2, 0) is 6.54 Å². The van der Waals surface area contributed by atoms with Crippen LogP contribution in [0.15, 0.2) is 18.2 Å². The molecule has 0 aliphatic heterocycles. The first-order valence-electron chi connectivity index (χ1n) is 6.01. The normalized spacial score (nSPS) is 10.1. The van der Waals surface area contributed by atoms with Gasteiger partial charge in [0, 0.05) is 25.8 Å². The summed E-state index contributed by atoms with van der Waals surface area (Å²) in [6.45, 7) is 7.95. The maximum atomic E-state index is 12.0. The zero-order valence-electron chi connectivity index (χ0n) is 11.1. The van der Waals surface area contributed by atoms with Crippen LogP contribution in [0.4, 0.5) is 4.79 Å². The van der Waals surface area contributed by atoms with E-state index in [4.69, 9.17) is 0 Å². The van der Waals surface area contributed by atoms with E-state index in [2.05, 4.69) is 4.98 Å². The highest BCUT2D eigenvalue weighted by Crippen LogP contribution is 2.04. The third kappa shape index (κ3) is 3.73. The van der Waals surface area contributed by atoms with Crippen LogP contribution in [0.3, 0.4) is 0 Å². The zero-order valence-corrected chi connectivity index (χ0v) is 11.1. The summed E-state index contributed by atoms with van der Waals surface area (Å²) in [6, 6.07) is 5.92. The average Bonchev–Trinajstić information content (AvgIpc) is 2.30. The predicted molar refractivity (Wildman–Crippen MR) is 68.8 cm³/mol. The summed E-state index contributed by atoms with van der Waals surface area (Å²) < 4.78 is 0. The smallest absolute Gasteiger partial charge is 0.320 e. The molecule has 0 spiro atoms. The molecule has 0 unspecified atom stereocenters. The summed E-state index contributed by atoms with van der Waals surface area (Å²) in [7, 11) is 1.81. The van der Waals surface area contributed by atoms with Crippen molar-refractivity contribution in [3.63, 3.8) is 0 Å². The third-order valence-electron chi connectivity index (χ3n) is 2.71. The van der Waals surface area contributed by atoms with Crippen molar-refractivity contribution in [1.82, 2.24) is 14.8 Å². The lowest BCUT2D eigenvalue weighted by molar-refractivity contribution is 0.165. The highest BCUT2D eigenvalue weighted by atomic mass is 16.2. The molecular weight excluding hydrogens is 214 g/mol. The number of rotatable bonds is 4. The molecule has 0 aromatic carbocycles. The van der Waals surface area contributed by atoms with E-state index < -0.39 is 0 Å². The highest BCUT2D eigenvalue weighted by Gasteiger charge is 2.15. The van der Waals surface area contributed by atoms with E-state index in [0.29, 0.717) is 6.54 Å². The van der Waals surface area contributed by atoms with E-state index in [9.17, 15) is 4.79 Å². The van der Waals surface area contributed by atoms with Crippen LogP contribution in [0.2, 0.25) is 0 Å². The summed E-state index contributed by atoms with van der Waals surface area (Å²) in [5.74, 6) is 0. The molecule has 0 aliphatic carbocycles. The van der Waals surface area contributed by atoms with Crippen molar-refractivity contribution in [2.45, 2.75) is 27.3 Å². The molecule has 0 saturated carbocycles. The Balaban J connectivity index is 2.65. The number of amides is 2. The molecule has 4 heteroatoms. The molecule has 1 aromatic rings. The Bertz CT molecular complexity index is 375. The Labute approximate surface area is 103 Å². The predicted octanol–water partition coefficient (Wildman–Crippen LogP) is 2.28. The Morgan fingerprint density at radius 1 is 1.29 bits per heavy atom. The first-order chi connectivity index (χ1) is 8.08. The molecule has 2 amide bonds. The number of carbonyl (C=O) groups excluding carboxylic acids is 1. The minimum absolute atomic E-state index is 0.0540. The molecular formula is C13H21N3O. The zero-order chi connectivity index (χ0) is 12.8. The van der Waals surface area contributed by atoms with E-state index in [-0.39, 0.29) is 6.03 Å². The van der Waals surface area contributed by atoms with Gasteiger partial charge in [-0.05, 0) is 32.9 Å². The van der Waals surface area contributed by atoms with Gasteiger partial charge in [-0.2, -0.15) is 0 Å². The molecule has 1 aromatic heterocycles. The Morgan fingerprint density at radius 3 is 2.47 bits per heavy atom. The van der Waals surface area contributed by atoms with Crippen LogP contribution in [0, 0.1) is 6.92 Å². The fourth-order valence-corrected chi connectivity index (χ4v) is 1.73. The standard InChI is InChI=1S/C13H21N3O/c1-5-16(6-2)13(17)15(4)10-12-9-7-8-11(3)14-12/h7-9H,5-6,10H2,1-4H3. The van der Waals surface area contributed by atoms with Gasteiger partial charge in [0.25, 0.3) is 0 Å². The number of carbonyl (C=O) groups is 1. The quantitative estimate of drug-likeness (QED) is 0.802. The van der Waals surface area contributed by atoms with Gasteiger partial charge in [0.15, 0.2) is 0 Å². The largest absolute Gasteiger partial charge is 0.325 e. The second-order valence-electron chi connectivity index (χ2n) is 4.08. The number of aromatic nitrogens is 1. The second kappa shape index (κ2) is 6.23. The molecule has 0 fully saturated rings. The van der Waals surface area contributed by atoms with E-state index in [0.717, 1.165) is 24.5 Å². The van der Waals surface area contributed by atoms with Crippen LogP contribution in [0.1, 0.15) is 25.2 Å². The third-order valence-corrected chi connectivity index (χ3v) is 2.71. The van der Waals surface area contributed by atoms with Crippen molar-refractivity contribution in [3.05, 3.63) is 29.6 Å².